The number of thiazole rings is 1. The summed E-state index contributed by atoms with van der Waals surface area (Å²) in [6.07, 6.45) is 0. The first-order valence-electron chi connectivity index (χ1n) is 4.96. The van der Waals surface area contributed by atoms with Crippen molar-refractivity contribution in [2.24, 2.45) is 0 Å². The zero-order valence-corrected chi connectivity index (χ0v) is 14.0. The molecular weight excluding hydrogens is 439 g/mol. The number of anilines is 1. The predicted molar refractivity (Wildman–Crippen MR) is 84.1 cm³/mol. The van der Waals surface area contributed by atoms with Crippen LogP contribution < -0.4 is 4.72 Å². The van der Waals surface area contributed by atoms with Crippen LogP contribution in [0, 0.1) is 3.57 Å². The van der Waals surface area contributed by atoms with Gasteiger partial charge >= 0.3 is 5.97 Å². The van der Waals surface area contributed by atoms with Crippen LogP contribution in [0.15, 0.2) is 27.9 Å². The number of sulfonamides is 1. The highest BCUT2D eigenvalue weighted by Gasteiger charge is 2.26. The molecule has 0 spiro atoms. The Morgan fingerprint density at radius 3 is 2.75 bits per heavy atom. The minimum absolute atomic E-state index is 0.319. The number of hydrogen-bond acceptors (Lipinski definition) is 5. The van der Waals surface area contributed by atoms with E-state index in [0.717, 1.165) is 11.3 Å². The van der Waals surface area contributed by atoms with Crippen LogP contribution in [0.3, 0.4) is 0 Å². The number of nitrogens with one attached hydrogen (secondary N) is 1. The average Bonchev–Trinajstić information content (AvgIpc) is 2.82. The second-order valence-electron chi connectivity index (χ2n) is 3.52. The normalized spacial score (nSPS) is 11.3. The zero-order chi connectivity index (χ0) is 14.9. The summed E-state index contributed by atoms with van der Waals surface area (Å²) in [7, 11) is -4.00. The first-order valence-corrected chi connectivity index (χ1v) is 8.78. The maximum absolute atomic E-state index is 12.2. The second kappa shape index (κ2) is 5.84. The van der Waals surface area contributed by atoms with Gasteiger partial charge in [0, 0.05) is 8.59 Å². The third-order valence-corrected chi connectivity index (χ3v) is 6.02. The van der Waals surface area contributed by atoms with E-state index in [9.17, 15) is 13.2 Å². The van der Waals surface area contributed by atoms with Gasteiger partial charge in [0.1, 0.15) is 0 Å². The van der Waals surface area contributed by atoms with Crippen LogP contribution in [0.4, 0.5) is 5.69 Å². The first kappa shape index (κ1) is 15.5. The number of aromatic nitrogens is 1. The highest BCUT2D eigenvalue weighted by atomic mass is 127. The standard InChI is InChI=1S/C10H6ClIN2O4S2/c11-5-1-2-7(6(12)3-5)14-20(17,18)10-8(9(15)16)13-4-19-10/h1-4,14H,(H,15,16). The fourth-order valence-corrected chi connectivity index (χ4v) is 4.74. The molecule has 0 aliphatic carbocycles. The van der Waals surface area contributed by atoms with E-state index < -0.39 is 21.7 Å². The molecule has 106 valence electrons. The molecular formula is C10H6ClIN2O4S2. The Bertz CT molecular complexity index is 775. The number of carboxylic acids is 1. The summed E-state index contributed by atoms with van der Waals surface area (Å²) in [4.78, 5) is 14.5. The highest BCUT2D eigenvalue weighted by molar-refractivity contribution is 14.1. The fraction of sp³-hybridized carbons (Fsp3) is 0. The van der Waals surface area contributed by atoms with E-state index in [1.54, 1.807) is 6.07 Å². The van der Waals surface area contributed by atoms with Crippen LogP contribution >= 0.6 is 45.5 Å². The van der Waals surface area contributed by atoms with Crippen molar-refractivity contribution in [3.05, 3.63) is 38.0 Å². The Morgan fingerprint density at radius 2 is 2.15 bits per heavy atom. The van der Waals surface area contributed by atoms with Gasteiger partial charge < -0.3 is 5.11 Å². The molecule has 10 heteroatoms. The molecule has 20 heavy (non-hydrogen) atoms. The summed E-state index contributed by atoms with van der Waals surface area (Å²) >= 11 is 8.46. The summed E-state index contributed by atoms with van der Waals surface area (Å²) in [6, 6.07) is 4.63. The lowest BCUT2D eigenvalue weighted by Gasteiger charge is -2.09. The third-order valence-electron chi connectivity index (χ3n) is 2.16. The molecule has 0 fully saturated rings. The van der Waals surface area contributed by atoms with Gasteiger partial charge in [-0.3, -0.25) is 4.72 Å². The zero-order valence-electron chi connectivity index (χ0n) is 9.50. The molecule has 1 aromatic carbocycles. The Hall–Kier alpha value is -0.910. The van der Waals surface area contributed by atoms with Gasteiger partial charge in [0.25, 0.3) is 10.0 Å². The highest BCUT2D eigenvalue weighted by Crippen LogP contribution is 2.27. The topological polar surface area (TPSA) is 96.4 Å². The summed E-state index contributed by atoms with van der Waals surface area (Å²) in [5, 5.41) is 9.38. The van der Waals surface area contributed by atoms with E-state index in [2.05, 4.69) is 9.71 Å². The molecule has 0 amide bonds. The Labute approximate surface area is 137 Å². The van der Waals surface area contributed by atoms with Crippen molar-refractivity contribution in [1.29, 1.82) is 0 Å². The van der Waals surface area contributed by atoms with E-state index in [0.29, 0.717) is 14.3 Å². The molecule has 1 heterocycles. The van der Waals surface area contributed by atoms with Crippen LogP contribution in [0.2, 0.25) is 5.02 Å². The molecule has 6 nitrogen and oxygen atoms in total. The second-order valence-corrected chi connectivity index (χ2v) is 7.85. The van der Waals surface area contributed by atoms with Gasteiger partial charge in [-0.2, -0.15) is 0 Å². The lowest BCUT2D eigenvalue weighted by molar-refractivity contribution is 0.0687. The molecule has 2 rings (SSSR count). The molecule has 0 bridgehead atoms. The van der Waals surface area contributed by atoms with Gasteiger partial charge in [-0.1, -0.05) is 11.6 Å². The Morgan fingerprint density at radius 1 is 1.45 bits per heavy atom. The summed E-state index contributed by atoms with van der Waals surface area (Å²) in [5.74, 6) is -1.39. The lowest BCUT2D eigenvalue weighted by Crippen LogP contribution is -2.16. The Balaban J connectivity index is 2.41. The van der Waals surface area contributed by atoms with Crippen LogP contribution in [0.5, 0.6) is 0 Å². The number of aromatic carboxylic acids is 1. The van der Waals surface area contributed by atoms with Gasteiger partial charge in [0.15, 0.2) is 9.90 Å². The van der Waals surface area contributed by atoms with Crippen LogP contribution in [-0.4, -0.2) is 24.5 Å². The largest absolute Gasteiger partial charge is 0.476 e. The van der Waals surface area contributed by atoms with Crippen molar-refractivity contribution >= 4 is 67.2 Å². The molecule has 0 aliphatic rings. The smallest absolute Gasteiger partial charge is 0.356 e. The maximum Gasteiger partial charge on any atom is 0.356 e. The fourth-order valence-electron chi connectivity index (χ4n) is 1.33. The number of halogens is 2. The van der Waals surface area contributed by atoms with Crippen molar-refractivity contribution in [2.75, 3.05) is 4.72 Å². The minimum Gasteiger partial charge on any atom is -0.476 e. The van der Waals surface area contributed by atoms with Gasteiger partial charge in [-0.15, -0.1) is 11.3 Å². The molecule has 2 aromatic rings. The van der Waals surface area contributed by atoms with E-state index >= 15 is 0 Å². The van der Waals surface area contributed by atoms with Gasteiger partial charge in [-0.05, 0) is 40.8 Å². The van der Waals surface area contributed by atoms with E-state index in [4.69, 9.17) is 16.7 Å². The molecule has 0 saturated heterocycles. The number of carbonyl (C=O) groups is 1. The monoisotopic (exact) mass is 444 g/mol. The first-order chi connectivity index (χ1) is 9.31. The molecule has 0 unspecified atom stereocenters. The summed E-state index contributed by atoms with van der Waals surface area (Å²) in [5.41, 5.74) is 0.997. The molecule has 1 aromatic heterocycles. The van der Waals surface area contributed by atoms with Gasteiger partial charge in [0.05, 0.1) is 11.2 Å². The number of carboxylic acid groups (broad SMARTS) is 1. The Kier molecular flexibility index (Phi) is 4.52. The average molecular weight is 445 g/mol. The SMILES string of the molecule is O=C(O)c1ncsc1S(=O)(=O)Nc1ccc(Cl)cc1I. The summed E-state index contributed by atoms with van der Waals surface area (Å²) in [6.45, 7) is 0. The van der Waals surface area contributed by atoms with Gasteiger partial charge in [-0.25, -0.2) is 18.2 Å². The molecule has 0 aliphatic heterocycles. The van der Waals surface area contributed by atoms with Crippen molar-refractivity contribution in [3.8, 4) is 0 Å². The van der Waals surface area contributed by atoms with Gasteiger partial charge in [0.2, 0.25) is 0 Å². The van der Waals surface area contributed by atoms with Crippen LogP contribution in [0.1, 0.15) is 10.5 Å². The number of nitrogens with zero attached hydrogens (tertiary/aromatic N) is 1. The maximum atomic E-state index is 12.2. The lowest BCUT2D eigenvalue weighted by atomic mass is 10.3. The van der Waals surface area contributed by atoms with Crippen molar-refractivity contribution in [1.82, 2.24) is 4.98 Å². The number of benzene rings is 1. The van der Waals surface area contributed by atoms with E-state index in [1.165, 1.54) is 17.6 Å². The van der Waals surface area contributed by atoms with E-state index in [-0.39, 0.29) is 4.21 Å². The number of hydrogen-bond donors (Lipinski definition) is 2. The molecule has 2 N–H and O–H groups in total. The van der Waals surface area contributed by atoms with Crippen molar-refractivity contribution in [3.63, 3.8) is 0 Å². The summed E-state index contributed by atoms with van der Waals surface area (Å²) < 4.78 is 27.0. The quantitative estimate of drug-likeness (QED) is 0.707. The molecule has 0 radical (unpaired) electrons. The predicted octanol–water partition coefficient (Wildman–Crippen LogP) is 2.90. The van der Waals surface area contributed by atoms with Crippen LogP contribution in [-0.2, 0) is 10.0 Å². The van der Waals surface area contributed by atoms with Crippen molar-refractivity contribution in [2.45, 2.75) is 4.21 Å². The minimum atomic E-state index is -4.00. The third kappa shape index (κ3) is 3.22. The van der Waals surface area contributed by atoms with E-state index in [1.807, 2.05) is 22.6 Å². The number of rotatable bonds is 4. The van der Waals surface area contributed by atoms with Crippen LogP contribution in [0.25, 0.3) is 0 Å². The molecule has 0 saturated carbocycles. The molecule has 0 atom stereocenters. The van der Waals surface area contributed by atoms with Crippen molar-refractivity contribution < 1.29 is 18.3 Å².